The molecular formula is C13H13FIN3O2S. The van der Waals surface area contributed by atoms with Crippen LogP contribution in [0.1, 0.15) is 5.56 Å². The van der Waals surface area contributed by atoms with Crippen molar-refractivity contribution in [2.24, 2.45) is 5.14 Å². The Morgan fingerprint density at radius 2 is 1.86 bits per heavy atom. The molecule has 0 atom stereocenters. The Kier molecular flexibility index (Phi) is 4.40. The Labute approximate surface area is 135 Å². The molecule has 112 valence electrons. The number of nitrogens with one attached hydrogen (secondary N) is 1. The first kappa shape index (κ1) is 16.0. The van der Waals surface area contributed by atoms with E-state index in [1.807, 2.05) is 22.6 Å². The van der Waals surface area contributed by atoms with Crippen molar-refractivity contribution in [3.63, 3.8) is 0 Å². The molecule has 0 saturated carbocycles. The Hall–Kier alpha value is -1.39. The van der Waals surface area contributed by atoms with Gasteiger partial charge in [0.2, 0.25) is 10.0 Å². The summed E-state index contributed by atoms with van der Waals surface area (Å²) in [6.45, 7) is 1.62. The van der Waals surface area contributed by atoms with Crippen molar-refractivity contribution < 1.29 is 12.8 Å². The van der Waals surface area contributed by atoms with Crippen LogP contribution in [0.4, 0.5) is 21.5 Å². The Morgan fingerprint density at radius 3 is 2.43 bits per heavy atom. The molecule has 0 amide bonds. The number of hydrogen-bond donors (Lipinski definition) is 3. The van der Waals surface area contributed by atoms with Gasteiger partial charge in [0.25, 0.3) is 0 Å². The molecule has 0 spiro atoms. The van der Waals surface area contributed by atoms with Crippen LogP contribution in [0.5, 0.6) is 0 Å². The minimum atomic E-state index is -3.87. The second kappa shape index (κ2) is 5.78. The fourth-order valence-electron chi connectivity index (χ4n) is 1.87. The van der Waals surface area contributed by atoms with Gasteiger partial charge in [-0.1, -0.05) is 0 Å². The van der Waals surface area contributed by atoms with Gasteiger partial charge < -0.3 is 11.1 Å². The highest BCUT2D eigenvalue weighted by atomic mass is 127. The number of anilines is 3. The van der Waals surface area contributed by atoms with E-state index in [1.165, 1.54) is 18.2 Å². The van der Waals surface area contributed by atoms with Gasteiger partial charge in [0.15, 0.2) is 0 Å². The fraction of sp³-hybridized carbons (Fsp3) is 0.0769. The first-order valence-electron chi connectivity index (χ1n) is 5.83. The summed E-state index contributed by atoms with van der Waals surface area (Å²) in [7, 11) is -3.87. The number of sulfonamides is 1. The van der Waals surface area contributed by atoms with Crippen LogP contribution >= 0.6 is 22.6 Å². The fourth-order valence-corrected chi connectivity index (χ4v) is 3.32. The summed E-state index contributed by atoms with van der Waals surface area (Å²) in [6.07, 6.45) is 0. The molecule has 0 aliphatic heterocycles. The van der Waals surface area contributed by atoms with Gasteiger partial charge in [0.1, 0.15) is 5.82 Å². The summed E-state index contributed by atoms with van der Waals surface area (Å²) in [5, 5.41) is 8.22. The highest BCUT2D eigenvalue weighted by Gasteiger charge is 2.16. The third-order valence-electron chi connectivity index (χ3n) is 2.89. The van der Waals surface area contributed by atoms with Gasteiger partial charge in [-0.25, -0.2) is 17.9 Å². The highest BCUT2D eigenvalue weighted by Crippen LogP contribution is 2.30. The molecule has 0 unspecified atom stereocenters. The largest absolute Gasteiger partial charge is 0.399 e. The molecule has 0 saturated heterocycles. The number of nitrogens with two attached hydrogens (primary N) is 2. The molecule has 0 aliphatic rings. The third kappa shape index (κ3) is 3.63. The van der Waals surface area contributed by atoms with Crippen molar-refractivity contribution >= 4 is 49.7 Å². The van der Waals surface area contributed by atoms with Crippen molar-refractivity contribution in [3.8, 4) is 0 Å². The summed E-state index contributed by atoms with van der Waals surface area (Å²) in [4.78, 5) is -0.0397. The van der Waals surface area contributed by atoms with Crippen molar-refractivity contribution in [2.75, 3.05) is 11.1 Å². The minimum absolute atomic E-state index is 0.0397. The summed E-state index contributed by atoms with van der Waals surface area (Å²) < 4.78 is 36.9. The van der Waals surface area contributed by atoms with Crippen LogP contribution in [-0.4, -0.2) is 8.42 Å². The number of primary sulfonamides is 1. The zero-order valence-corrected chi connectivity index (χ0v) is 14.0. The van der Waals surface area contributed by atoms with E-state index in [9.17, 15) is 12.8 Å². The van der Waals surface area contributed by atoms with Crippen LogP contribution in [0.2, 0.25) is 0 Å². The maximum absolute atomic E-state index is 13.1. The highest BCUT2D eigenvalue weighted by molar-refractivity contribution is 14.1. The Morgan fingerprint density at radius 1 is 1.19 bits per heavy atom. The van der Waals surface area contributed by atoms with Crippen LogP contribution in [0.25, 0.3) is 0 Å². The van der Waals surface area contributed by atoms with Crippen molar-refractivity contribution in [3.05, 3.63) is 45.3 Å². The average Bonchev–Trinajstić information content (AvgIpc) is 2.35. The lowest BCUT2D eigenvalue weighted by atomic mass is 10.1. The maximum atomic E-state index is 13.1. The van der Waals surface area contributed by atoms with E-state index in [4.69, 9.17) is 10.9 Å². The van der Waals surface area contributed by atoms with Gasteiger partial charge in [-0.3, -0.25) is 0 Å². The van der Waals surface area contributed by atoms with Gasteiger partial charge in [-0.05, 0) is 65.4 Å². The maximum Gasteiger partial charge on any atom is 0.238 e. The topological polar surface area (TPSA) is 98.2 Å². The Bertz CT molecular complexity index is 809. The molecule has 21 heavy (non-hydrogen) atoms. The van der Waals surface area contributed by atoms with Gasteiger partial charge in [0.05, 0.1) is 10.6 Å². The van der Waals surface area contributed by atoms with Gasteiger partial charge in [-0.2, -0.15) is 0 Å². The number of benzene rings is 2. The summed E-state index contributed by atoms with van der Waals surface area (Å²) in [6, 6.07) is 7.16. The van der Waals surface area contributed by atoms with Gasteiger partial charge in [0, 0.05) is 14.9 Å². The molecule has 2 rings (SSSR count). The second-order valence-corrected chi connectivity index (χ2v) is 7.18. The minimum Gasteiger partial charge on any atom is -0.399 e. The number of halogens is 2. The normalized spacial score (nSPS) is 11.4. The first-order chi connectivity index (χ1) is 9.68. The van der Waals surface area contributed by atoms with E-state index in [2.05, 4.69) is 5.32 Å². The molecule has 0 aliphatic carbocycles. The summed E-state index contributed by atoms with van der Waals surface area (Å²) in [5.74, 6) is -0.348. The number of hydrogen-bond acceptors (Lipinski definition) is 4. The molecule has 5 N–H and O–H groups in total. The van der Waals surface area contributed by atoms with Gasteiger partial charge >= 0.3 is 0 Å². The molecular weight excluding hydrogens is 408 g/mol. The SMILES string of the molecule is Cc1c(Nc2ccc(F)cc2I)cc(N)cc1S(N)(=O)=O. The molecule has 0 radical (unpaired) electrons. The zero-order chi connectivity index (χ0) is 15.8. The summed E-state index contributed by atoms with van der Waals surface area (Å²) in [5.41, 5.74) is 7.59. The average molecular weight is 421 g/mol. The molecule has 8 heteroatoms. The van der Waals surface area contributed by atoms with Crippen LogP contribution in [0.15, 0.2) is 35.2 Å². The number of rotatable bonds is 3. The molecule has 0 fully saturated rings. The number of nitrogen functional groups attached to an aromatic ring is 1. The van der Waals surface area contributed by atoms with E-state index < -0.39 is 10.0 Å². The molecule has 0 heterocycles. The van der Waals surface area contributed by atoms with E-state index in [0.717, 1.165) is 0 Å². The quantitative estimate of drug-likeness (QED) is 0.525. The van der Waals surface area contributed by atoms with Crippen molar-refractivity contribution in [1.29, 1.82) is 0 Å². The van der Waals surface area contributed by atoms with E-state index in [-0.39, 0.29) is 16.4 Å². The predicted octanol–water partition coefficient (Wildman–Crippen LogP) is 2.71. The van der Waals surface area contributed by atoms with Gasteiger partial charge in [-0.15, -0.1) is 0 Å². The lowest BCUT2D eigenvalue weighted by Crippen LogP contribution is -2.15. The van der Waals surface area contributed by atoms with Crippen LogP contribution in [0.3, 0.4) is 0 Å². The van der Waals surface area contributed by atoms with E-state index >= 15 is 0 Å². The monoisotopic (exact) mass is 421 g/mol. The van der Waals surface area contributed by atoms with E-state index in [1.54, 1.807) is 19.1 Å². The molecule has 2 aromatic rings. The molecule has 2 aromatic carbocycles. The van der Waals surface area contributed by atoms with Crippen LogP contribution in [0, 0.1) is 16.3 Å². The Balaban J connectivity index is 2.52. The standard InChI is InChI=1S/C13H13FIN3O2S/c1-7-12(5-9(16)6-13(7)21(17,19)20)18-11-3-2-8(14)4-10(11)15/h2-6,18H,16H2,1H3,(H2,17,19,20). The zero-order valence-electron chi connectivity index (χ0n) is 11.0. The summed E-state index contributed by atoms with van der Waals surface area (Å²) >= 11 is 1.98. The lowest BCUT2D eigenvalue weighted by Gasteiger charge is -2.15. The van der Waals surface area contributed by atoms with Crippen molar-refractivity contribution in [1.82, 2.24) is 0 Å². The second-order valence-electron chi connectivity index (χ2n) is 4.49. The molecule has 0 aromatic heterocycles. The molecule has 0 bridgehead atoms. The third-order valence-corrected chi connectivity index (χ3v) is 4.82. The smallest absolute Gasteiger partial charge is 0.238 e. The van der Waals surface area contributed by atoms with E-state index in [0.29, 0.717) is 20.5 Å². The van der Waals surface area contributed by atoms with Crippen LogP contribution in [-0.2, 0) is 10.0 Å². The molecule has 5 nitrogen and oxygen atoms in total. The lowest BCUT2D eigenvalue weighted by molar-refractivity contribution is 0.597. The van der Waals surface area contributed by atoms with Crippen molar-refractivity contribution in [2.45, 2.75) is 11.8 Å². The predicted molar refractivity (Wildman–Crippen MR) is 89.4 cm³/mol. The first-order valence-corrected chi connectivity index (χ1v) is 8.46. The van der Waals surface area contributed by atoms with Crippen LogP contribution < -0.4 is 16.2 Å².